The maximum Gasteiger partial charge on any atom is 0.263 e. The predicted molar refractivity (Wildman–Crippen MR) is 212 cm³/mol. The van der Waals surface area contributed by atoms with E-state index in [1.54, 1.807) is 30.0 Å². The van der Waals surface area contributed by atoms with Gasteiger partial charge in [-0.05, 0) is 82.9 Å². The van der Waals surface area contributed by atoms with E-state index in [0.717, 1.165) is 47.5 Å². The van der Waals surface area contributed by atoms with E-state index < -0.39 is 0 Å². The summed E-state index contributed by atoms with van der Waals surface area (Å²) < 4.78 is 1.70. The number of fused-ring (bicyclic) bond motifs is 1. The number of pyridine rings is 2. The molecule has 0 atom stereocenters. The highest BCUT2D eigenvalue weighted by atomic mass is 32.1. The maximum atomic E-state index is 13.5. The number of carbonyl (C=O) groups excluding carboxylic acids is 3. The zero-order chi connectivity index (χ0) is 38.1. The fraction of sp³-hybridized carbons (Fsp3) is 0.385. The van der Waals surface area contributed by atoms with E-state index in [1.165, 1.54) is 18.3 Å². The summed E-state index contributed by atoms with van der Waals surface area (Å²) in [6, 6.07) is 9.32. The highest BCUT2D eigenvalue weighted by molar-refractivity contribution is 7.15. The van der Waals surface area contributed by atoms with Crippen LogP contribution in [0, 0.1) is 27.7 Å². The van der Waals surface area contributed by atoms with Gasteiger partial charge in [0.1, 0.15) is 11.5 Å². The molecule has 1 aliphatic carbocycles. The molecule has 0 bridgehead atoms. The monoisotopic (exact) mass is 748 g/mol. The van der Waals surface area contributed by atoms with E-state index >= 15 is 0 Å². The van der Waals surface area contributed by atoms with E-state index in [-0.39, 0.29) is 41.3 Å². The quantitative estimate of drug-likeness (QED) is 0.144. The number of benzene rings is 1. The van der Waals surface area contributed by atoms with Gasteiger partial charge in [-0.2, -0.15) is 4.98 Å². The Morgan fingerprint density at radius 2 is 1.69 bits per heavy atom. The van der Waals surface area contributed by atoms with Crippen molar-refractivity contribution in [1.82, 2.24) is 29.4 Å². The Morgan fingerprint density at radius 3 is 2.35 bits per heavy atom. The van der Waals surface area contributed by atoms with Crippen molar-refractivity contribution in [3.8, 4) is 0 Å². The van der Waals surface area contributed by atoms with E-state index in [0.29, 0.717) is 70.9 Å². The van der Waals surface area contributed by atoms with Crippen molar-refractivity contribution < 1.29 is 14.4 Å². The predicted octanol–water partition coefficient (Wildman–Crippen LogP) is 5.95. The standard InChI is InChI=1S/C39H44N10O4S/c1-22-10-11-27(18-30(22)36(52)46-39-43-24(3)26(5)54-39)40-21-33(51)48-16-14-47(15-17-48)29-12-13-32(41-19-29)44-38-42-20-31-23(2)34(25(4)50)37(53)49(35(31)45-38)28-8-6-7-9-28/h10-13,18-20,28,40H,6-9,14-17,21H2,1-5H3,(H,43,46,52)(H,41,42,44,45). The SMILES string of the molecule is CC(=O)c1c(C)c2cnc(Nc3ccc(N4CCN(C(=O)CNc5ccc(C)c(C(=O)Nc6nc(C)c(C)s6)c5)CC4)cn3)nc2n(C2CCCC2)c1=O. The number of carbonyl (C=O) groups is 3. The first kappa shape index (κ1) is 36.6. The summed E-state index contributed by atoms with van der Waals surface area (Å²) in [5.41, 5.74) is 4.92. The normalized spacial score (nSPS) is 14.8. The number of aryl methyl sites for hydroxylation is 4. The third kappa shape index (κ3) is 7.53. The fourth-order valence-corrected chi connectivity index (χ4v) is 8.05. The number of nitrogens with one attached hydrogen (secondary N) is 3. The lowest BCUT2D eigenvalue weighted by molar-refractivity contribution is -0.129. The van der Waals surface area contributed by atoms with Crippen LogP contribution in [0.25, 0.3) is 11.0 Å². The van der Waals surface area contributed by atoms with Crippen LogP contribution < -0.4 is 26.4 Å². The first-order valence-corrected chi connectivity index (χ1v) is 19.1. The molecule has 4 aromatic heterocycles. The Labute approximate surface area is 317 Å². The average molecular weight is 749 g/mol. The third-order valence-electron chi connectivity index (χ3n) is 10.4. The molecule has 2 fully saturated rings. The number of Topliss-reactive ketones (excluding diaryl/α,β-unsaturated/α-hetero) is 1. The Bertz CT molecular complexity index is 2290. The molecule has 0 unspecified atom stereocenters. The van der Waals surface area contributed by atoms with Crippen LogP contribution in [0.15, 0.2) is 47.5 Å². The first-order chi connectivity index (χ1) is 26.0. The molecule has 0 radical (unpaired) electrons. The highest BCUT2D eigenvalue weighted by Crippen LogP contribution is 2.32. The van der Waals surface area contributed by atoms with Gasteiger partial charge < -0.3 is 20.4 Å². The molecule has 7 rings (SSSR count). The molecule has 1 saturated heterocycles. The first-order valence-electron chi connectivity index (χ1n) is 18.2. The van der Waals surface area contributed by atoms with E-state index in [2.05, 4.69) is 35.8 Å². The van der Waals surface area contributed by atoms with Gasteiger partial charge in [0, 0.05) is 59.9 Å². The number of hydrogen-bond donors (Lipinski definition) is 3. The van der Waals surface area contributed by atoms with Crippen LogP contribution >= 0.6 is 11.3 Å². The number of thiazole rings is 1. The smallest absolute Gasteiger partial charge is 0.263 e. The zero-order valence-electron chi connectivity index (χ0n) is 31.2. The minimum absolute atomic E-state index is 0.00381. The van der Waals surface area contributed by atoms with Crippen LogP contribution in [0.3, 0.4) is 0 Å². The van der Waals surface area contributed by atoms with Gasteiger partial charge in [0.25, 0.3) is 11.5 Å². The van der Waals surface area contributed by atoms with Crippen LogP contribution in [0.1, 0.15) is 81.1 Å². The molecule has 0 spiro atoms. The Kier molecular flexibility index (Phi) is 10.4. The molecule has 54 heavy (non-hydrogen) atoms. The third-order valence-corrected chi connectivity index (χ3v) is 11.4. The summed E-state index contributed by atoms with van der Waals surface area (Å²) in [6.45, 7) is 11.5. The summed E-state index contributed by atoms with van der Waals surface area (Å²) in [5.74, 6) is 0.357. The summed E-state index contributed by atoms with van der Waals surface area (Å²) in [7, 11) is 0. The van der Waals surface area contributed by atoms with Crippen LogP contribution in [0.4, 0.5) is 28.3 Å². The number of piperazine rings is 1. The van der Waals surface area contributed by atoms with Gasteiger partial charge in [-0.1, -0.05) is 18.9 Å². The Hall–Kier alpha value is -5.70. The van der Waals surface area contributed by atoms with Gasteiger partial charge in [-0.25, -0.2) is 15.0 Å². The molecule has 15 heteroatoms. The van der Waals surface area contributed by atoms with Crippen molar-refractivity contribution in [3.05, 3.63) is 85.9 Å². The number of amides is 2. The second-order valence-electron chi connectivity index (χ2n) is 14.0. The van der Waals surface area contributed by atoms with Crippen molar-refractivity contribution >= 4 is 68.2 Å². The molecule has 280 valence electrons. The molecule has 14 nitrogen and oxygen atoms in total. The summed E-state index contributed by atoms with van der Waals surface area (Å²) in [4.78, 5) is 75.5. The lowest BCUT2D eigenvalue weighted by Gasteiger charge is -2.36. The molecular weight excluding hydrogens is 705 g/mol. The second-order valence-corrected chi connectivity index (χ2v) is 15.2. The largest absolute Gasteiger partial charge is 0.376 e. The molecule has 2 aliphatic rings. The molecule has 1 saturated carbocycles. The molecule has 5 heterocycles. The summed E-state index contributed by atoms with van der Waals surface area (Å²) >= 11 is 1.44. The van der Waals surface area contributed by atoms with Crippen molar-refractivity contribution in [3.63, 3.8) is 0 Å². The maximum absolute atomic E-state index is 13.5. The van der Waals surface area contributed by atoms with E-state index in [4.69, 9.17) is 4.98 Å². The number of hydrogen-bond acceptors (Lipinski definition) is 12. The minimum atomic E-state index is -0.288. The number of anilines is 5. The lowest BCUT2D eigenvalue weighted by atomic mass is 10.0. The Balaban J connectivity index is 0.948. The average Bonchev–Trinajstić information content (AvgIpc) is 3.80. The minimum Gasteiger partial charge on any atom is -0.376 e. The number of ketones is 1. The molecule has 3 N–H and O–H groups in total. The van der Waals surface area contributed by atoms with Gasteiger partial charge in [-0.15, -0.1) is 11.3 Å². The molecule has 5 aromatic rings. The van der Waals surface area contributed by atoms with Crippen molar-refractivity contribution in [2.24, 2.45) is 0 Å². The van der Waals surface area contributed by atoms with E-state index in [9.17, 15) is 19.2 Å². The lowest BCUT2D eigenvalue weighted by Crippen LogP contribution is -2.50. The van der Waals surface area contributed by atoms with Crippen LogP contribution in [0.5, 0.6) is 0 Å². The van der Waals surface area contributed by atoms with E-state index in [1.807, 2.05) is 49.9 Å². The number of rotatable bonds is 10. The molecule has 1 aliphatic heterocycles. The number of aromatic nitrogens is 5. The van der Waals surface area contributed by atoms with Gasteiger partial charge in [0.2, 0.25) is 11.9 Å². The van der Waals surface area contributed by atoms with Crippen molar-refractivity contribution in [1.29, 1.82) is 0 Å². The van der Waals surface area contributed by atoms with Gasteiger partial charge in [-0.3, -0.25) is 29.1 Å². The van der Waals surface area contributed by atoms with Gasteiger partial charge in [0.15, 0.2) is 10.9 Å². The number of nitrogens with zero attached hydrogens (tertiary/aromatic N) is 7. The van der Waals surface area contributed by atoms with Crippen molar-refractivity contribution in [2.45, 2.75) is 66.3 Å². The van der Waals surface area contributed by atoms with Crippen LogP contribution in [-0.2, 0) is 4.79 Å². The fourth-order valence-electron chi connectivity index (χ4n) is 7.24. The molecular formula is C39H44N10O4S. The summed E-state index contributed by atoms with van der Waals surface area (Å²) in [6.07, 6.45) is 7.25. The summed E-state index contributed by atoms with van der Waals surface area (Å²) in [5, 5.41) is 10.5. The Morgan fingerprint density at radius 1 is 0.926 bits per heavy atom. The van der Waals surface area contributed by atoms with Crippen molar-refractivity contribution in [2.75, 3.05) is 53.6 Å². The zero-order valence-corrected chi connectivity index (χ0v) is 32.0. The molecule has 2 amide bonds. The van der Waals surface area contributed by atoms with Crippen LogP contribution in [0.2, 0.25) is 0 Å². The highest BCUT2D eigenvalue weighted by Gasteiger charge is 2.26. The van der Waals surface area contributed by atoms with Gasteiger partial charge in [0.05, 0.1) is 29.7 Å². The molecule has 1 aromatic carbocycles. The topological polar surface area (TPSA) is 167 Å². The van der Waals surface area contributed by atoms with Gasteiger partial charge >= 0.3 is 0 Å². The second kappa shape index (κ2) is 15.3. The van der Waals surface area contributed by atoms with Crippen LogP contribution in [-0.4, -0.2) is 79.7 Å².